The van der Waals surface area contributed by atoms with Gasteiger partial charge in [0.15, 0.2) is 12.4 Å². The van der Waals surface area contributed by atoms with Crippen molar-refractivity contribution >= 4 is 35.3 Å². The van der Waals surface area contributed by atoms with Gasteiger partial charge < -0.3 is 25.6 Å². The van der Waals surface area contributed by atoms with Crippen LogP contribution in [0.4, 0.5) is 0 Å². The van der Waals surface area contributed by atoms with Crippen molar-refractivity contribution < 1.29 is 43.7 Å². The zero-order valence-electron chi connectivity index (χ0n) is 29.4. The molecule has 5 rings (SSSR count). The van der Waals surface area contributed by atoms with E-state index in [-0.39, 0.29) is 47.3 Å². The number of rotatable bonds is 15. The number of hydrogen-bond acceptors (Lipinski definition) is 8. The van der Waals surface area contributed by atoms with Gasteiger partial charge in [-0.2, -0.15) is 0 Å². The maximum atomic E-state index is 13.5. The fourth-order valence-corrected chi connectivity index (χ4v) is 9.54. The lowest BCUT2D eigenvalue weighted by molar-refractivity contribution is -0.170. The highest BCUT2D eigenvalue weighted by Gasteiger charge is 2.66. The molecule has 1 aromatic rings. The number of allylic oxidation sites excluding steroid dienone is 1. The summed E-state index contributed by atoms with van der Waals surface area (Å²) in [5.74, 6) is -1.29. The molecule has 4 aliphatic carbocycles. The van der Waals surface area contributed by atoms with Crippen LogP contribution >= 0.6 is 0 Å². The Labute approximate surface area is 294 Å². The number of unbranched alkanes of at least 4 members (excludes halogenated alkanes) is 2. The Bertz CT molecular complexity index is 1520. The lowest BCUT2D eigenvalue weighted by Gasteiger charge is -2.58. The zero-order valence-corrected chi connectivity index (χ0v) is 29.4. The third kappa shape index (κ3) is 7.87. The SMILES string of the molecule is C[C@]12CCC(=O)C=C1CC[C@@H]1[C@H]2CC[C@@]2(C)[C@@H]1CC[C@]2(O)C(=O)COC(=O)CCC(=O)NCCCCCC(=O)NCc1ccc(C(=O)O)cc1. The normalized spacial score (nSPS) is 29.9. The van der Waals surface area contributed by atoms with E-state index in [1.54, 1.807) is 12.1 Å². The molecule has 6 atom stereocenters. The Hall–Kier alpha value is -3.86. The molecule has 272 valence electrons. The van der Waals surface area contributed by atoms with Gasteiger partial charge in [-0.1, -0.05) is 38.0 Å². The van der Waals surface area contributed by atoms with Crippen molar-refractivity contribution in [1.82, 2.24) is 10.6 Å². The average Bonchev–Trinajstić information content (AvgIpc) is 3.38. The molecule has 11 nitrogen and oxygen atoms in total. The Kier molecular flexibility index (Phi) is 11.7. The molecule has 0 bridgehead atoms. The van der Waals surface area contributed by atoms with Crippen molar-refractivity contribution in [3.63, 3.8) is 0 Å². The van der Waals surface area contributed by atoms with Crippen LogP contribution in [0.2, 0.25) is 0 Å². The van der Waals surface area contributed by atoms with E-state index in [0.717, 1.165) is 44.1 Å². The van der Waals surface area contributed by atoms with Gasteiger partial charge in [-0.05, 0) is 105 Å². The monoisotopic (exact) mass is 692 g/mol. The second kappa shape index (κ2) is 15.6. The molecule has 4 N–H and O–H groups in total. The van der Waals surface area contributed by atoms with Crippen LogP contribution in [0, 0.1) is 28.6 Å². The highest BCUT2D eigenvalue weighted by Crippen LogP contribution is 2.67. The maximum Gasteiger partial charge on any atom is 0.335 e. The Balaban J connectivity index is 0.959. The Morgan fingerprint density at radius 3 is 2.30 bits per heavy atom. The van der Waals surface area contributed by atoms with Crippen LogP contribution in [0.3, 0.4) is 0 Å². The van der Waals surface area contributed by atoms with E-state index in [1.165, 1.54) is 17.7 Å². The molecular formula is C39H52N2O9. The molecule has 3 fully saturated rings. The number of carboxylic acids is 1. The number of ether oxygens (including phenoxy) is 1. The molecule has 0 unspecified atom stereocenters. The molecule has 0 saturated heterocycles. The first-order valence-electron chi connectivity index (χ1n) is 18.3. The third-order valence-electron chi connectivity index (χ3n) is 12.6. The molecule has 2 amide bonds. The van der Waals surface area contributed by atoms with Gasteiger partial charge >= 0.3 is 11.9 Å². The molecule has 4 aliphatic rings. The third-order valence-corrected chi connectivity index (χ3v) is 12.6. The number of benzene rings is 1. The van der Waals surface area contributed by atoms with Crippen LogP contribution in [0.25, 0.3) is 0 Å². The van der Waals surface area contributed by atoms with Crippen LogP contribution in [-0.4, -0.2) is 64.3 Å². The summed E-state index contributed by atoms with van der Waals surface area (Å²) in [6, 6.07) is 6.32. The van der Waals surface area contributed by atoms with Crippen molar-refractivity contribution in [3.05, 3.63) is 47.0 Å². The van der Waals surface area contributed by atoms with Gasteiger partial charge in [-0.3, -0.25) is 24.0 Å². The maximum absolute atomic E-state index is 13.5. The van der Waals surface area contributed by atoms with Crippen LogP contribution in [0.1, 0.15) is 120 Å². The first-order valence-corrected chi connectivity index (χ1v) is 18.3. The first kappa shape index (κ1) is 37.4. The Morgan fingerprint density at radius 1 is 0.840 bits per heavy atom. The molecule has 1 aromatic carbocycles. The van der Waals surface area contributed by atoms with Gasteiger partial charge in [-0.25, -0.2) is 4.79 Å². The van der Waals surface area contributed by atoms with E-state index in [1.807, 2.05) is 13.0 Å². The molecule has 0 aromatic heterocycles. The second-order valence-electron chi connectivity index (χ2n) is 15.3. The van der Waals surface area contributed by atoms with E-state index in [9.17, 15) is 33.9 Å². The number of aromatic carboxylic acids is 1. The van der Waals surface area contributed by atoms with Crippen LogP contribution < -0.4 is 10.6 Å². The molecule has 11 heteroatoms. The van der Waals surface area contributed by atoms with Gasteiger partial charge in [0.25, 0.3) is 0 Å². The largest absolute Gasteiger partial charge is 0.478 e. The number of carboxylic acid groups (broad SMARTS) is 1. The Morgan fingerprint density at radius 2 is 1.56 bits per heavy atom. The fraction of sp³-hybridized carbons (Fsp3) is 0.641. The number of ketones is 2. The van der Waals surface area contributed by atoms with Crippen molar-refractivity contribution in [3.8, 4) is 0 Å². The van der Waals surface area contributed by atoms with Crippen LogP contribution in [0.15, 0.2) is 35.9 Å². The van der Waals surface area contributed by atoms with Crippen LogP contribution in [-0.2, 0) is 35.3 Å². The number of aliphatic hydroxyl groups is 1. The summed E-state index contributed by atoms with van der Waals surface area (Å²) in [5, 5.41) is 26.4. The molecular weight excluding hydrogens is 640 g/mol. The number of carbonyl (C=O) groups excluding carboxylic acids is 5. The highest BCUT2D eigenvalue weighted by molar-refractivity contribution is 5.92. The molecule has 0 aliphatic heterocycles. The van der Waals surface area contributed by atoms with E-state index in [4.69, 9.17) is 9.84 Å². The molecule has 50 heavy (non-hydrogen) atoms. The smallest absolute Gasteiger partial charge is 0.335 e. The topological polar surface area (TPSA) is 176 Å². The second-order valence-corrected chi connectivity index (χ2v) is 15.3. The summed E-state index contributed by atoms with van der Waals surface area (Å²) in [4.78, 5) is 73.3. The zero-order chi connectivity index (χ0) is 36.1. The summed E-state index contributed by atoms with van der Waals surface area (Å²) in [5.41, 5.74) is 0.130. The van der Waals surface area contributed by atoms with Crippen molar-refractivity contribution in [2.45, 2.75) is 116 Å². The number of fused-ring (bicyclic) bond motifs is 5. The number of Topliss-reactive ketones (excluding diaryl/α,β-unsaturated/α-hetero) is 1. The lowest BCUT2D eigenvalue weighted by atomic mass is 9.46. The average molecular weight is 693 g/mol. The van der Waals surface area contributed by atoms with Crippen molar-refractivity contribution in [1.29, 1.82) is 0 Å². The minimum atomic E-state index is -1.56. The quantitative estimate of drug-likeness (QED) is 0.148. The standard InChI is InChI=1S/C39H52N2O9/c1-37-18-15-28(42)22-27(37)11-12-29-30(37)16-19-38(2)31(29)17-20-39(38,49)32(43)24-50-35(46)14-13-34(45)40-21-5-3-4-6-33(44)41-23-25-7-9-26(10-8-25)36(47)48/h7-10,22,29-31,49H,3-6,11-21,23-24H2,1-2H3,(H,40,45)(H,41,44)(H,47,48)/t29-,30-,31-,37+,38+,39+/m1/s1. The molecule has 0 heterocycles. The minimum absolute atomic E-state index is 0.00594. The predicted molar refractivity (Wildman–Crippen MR) is 184 cm³/mol. The number of carbonyl (C=O) groups is 6. The van der Waals surface area contributed by atoms with Crippen molar-refractivity contribution in [2.75, 3.05) is 13.2 Å². The molecule has 0 spiro atoms. The minimum Gasteiger partial charge on any atom is -0.478 e. The number of amides is 2. The van der Waals surface area contributed by atoms with E-state index in [0.29, 0.717) is 63.5 Å². The van der Waals surface area contributed by atoms with E-state index >= 15 is 0 Å². The summed E-state index contributed by atoms with van der Waals surface area (Å²) < 4.78 is 5.27. The van der Waals surface area contributed by atoms with Gasteiger partial charge in [0.05, 0.1) is 12.0 Å². The number of esters is 1. The van der Waals surface area contributed by atoms with E-state index < -0.39 is 35.3 Å². The summed E-state index contributed by atoms with van der Waals surface area (Å²) in [7, 11) is 0. The van der Waals surface area contributed by atoms with Crippen LogP contribution in [0.5, 0.6) is 0 Å². The summed E-state index contributed by atoms with van der Waals surface area (Å²) in [6.45, 7) is 4.55. The lowest BCUT2D eigenvalue weighted by Crippen LogP contribution is -2.58. The summed E-state index contributed by atoms with van der Waals surface area (Å²) in [6.07, 6.45) is 10.0. The van der Waals surface area contributed by atoms with Crippen molar-refractivity contribution in [2.24, 2.45) is 28.6 Å². The van der Waals surface area contributed by atoms with E-state index in [2.05, 4.69) is 17.6 Å². The van der Waals surface area contributed by atoms with Gasteiger partial charge in [-0.15, -0.1) is 0 Å². The first-order chi connectivity index (χ1) is 23.8. The summed E-state index contributed by atoms with van der Waals surface area (Å²) >= 11 is 0. The van der Waals surface area contributed by atoms with Gasteiger partial charge in [0.1, 0.15) is 5.60 Å². The predicted octanol–water partition coefficient (Wildman–Crippen LogP) is 4.83. The number of hydrogen-bond donors (Lipinski definition) is 4. The molecule has 0 radical (unpaired) electrons. The van der Waals surface area contributed by atoms with Gasteiger partial charge in [0, 0.05) is 37.8 Å². The molecule has 3 saturated carbocycles. The van der Waals surface area contributed by atoms with Gasteiger partial charge in [0.2, 0.25) is 17.6 Å². The number of nitrogens with one attached hydrogen (secondary N) is 2. The highest BCUT2D eigenvalue weighted by atomic mass is 16.5. The fourth-order valence-electron chi connectivity index (χ4n) is 9.54.